The zero-order valence-electron chi connectivity index (χ0n) is 11.1. The molecule has 1 aromatic rings. The summed E-state index contributed by atoms with van der Waals surface area (Å²) < 4.78 is 5.09. The number of benzene rings is 1. The van der Waals surface area contributed by atoms with Gasteiger partial charge in [-0.05, 0) is 26.3 Å². The highest BCUT2D eigenvalue weighted by Gasteiger charge is 2.11. The van der Waals surface area contributed by atoms with Crippen molar-refractivity contribution in [3.8, 4) is 0 Å². The first kappa shape index (κ1) is 14.7. The van der Waals surface area contributed by atoms with Crippen LogP contribution in [0.4, 0.5) is 5.69 Å². The summed E-state index contributed by atoms with van der Waals surface area (Å²) in [6, 6.07) is 7.27. The average Bonchev–Trinajstić information content (AvgIpc) is 2.36. The molecule has 0 fully saturated rings. The molecule has 100 valence electrons. The number of hydrogen-bond acceptors (Lipinski definition) is 3. The van der Waals surface area contributed by atoms with Crippen LogP contribution in [0.15, 0.2) is 24.3 Å². The third-order valence-corrected chi connectivity index (χ3v) is 2.87. The highest BCUT2D eigenvalue weighted by molar-refractivity contribution is 5.91. The van der Waals surface area contributed by atoms with Crippen molar-refractivity contribution >= 4 is 11.6 Å². The fraction of sp³-hybridized carbons (Fsp3) is 0.500. The number of anilines is 1. The Hall–Kier alpha value is -1.39. The Morgan fingerprint density at radius 2 is 2.06 bits per heavy atom. The van der Waals surface area contributed by atoms with Gasteiger partial charge in [0.25, 0.3) is 0 Å². The van der Waals surface area contributed by atoms with Crippen LogP contribution in [-0.2, 0) is 9.53 Å². The van der Waals surface area contributed by atoms with Gasteiger partial charge < -0.3 is 15.2 Å². The molecule has 1 rings (SSSR count). The zero-order valence-corrected chi connectivity index (χ0v) is 11.1. The van der Waals surface area contributed by atoms with Crippen molar-refractivity contribution in [2.24, 2.45) is 0 Å². The highest BCUT2D eigenvalue weighted by atomic mass is 16.5. The van der Waals surface area contributed by atoms with E-state index in [1.807, 2.05) is 19.1 Å². The summed E-state index contributed by atoms with van der Waals surface area (Å²) in [4.78, 5) is 11.8. The molecule has 0 aromatic heterocycles. The molecule has 18 heavy (non-hydrogen) atoms. The minimum atomic E-state index is -0.598. The van der Waals surface area contributed by atoms with Crippen LogP contribution in [0.1, 0.15) is 38.4 Å². The van der Waals surface area contributed by atoms with Crippen LogP contribution in [-0.4, -0.2) is 24.2 Å². The standard InChI is InChI=1S/C14H21NO3/c1-10(18-3)8-9-14(17)15-13-7-5-4-6-12(13)11(2)16/h4-7,10-11,16H,8-9H2,1-3H3,(H,15,17). The number of para-hydroxylation sites is 1. The number of carbonyl (C=O) groups excluding carboxylic acids is 1. The summed E-state index contributed by atoms with van der Waals surface area (Å²) in [6.07, 6.45) is 0.560. The summed E-state index contributed by atoms with van der Waals surface area (Å²) in [5, 5.41) is 12.4. The van der Waals surface area contributed by atoms with E-state index in [0.717, 1.165) is 5.56 Å². The molecule has 2 N–H and O–H groups in total. The third-order valence-electron chi connectivity index (χ3n) is 2.87. The van der Waals surface area contributed by atoms with Gasteiger partial charge in [-0.25, -0.2) is 0 Å². The molecule has 0 bridgehead atoms. The number of hydrogen-bond donors (Lipinski definition) is 2. The van der Waals surface area contributed by atoms with E-state index in [2.05, 4.69) is 5.32 Å². The summed E-state index contributed by atoms with van der Waals surface area (Å²) in [7, 11) is 1.63. The monoisotopic (exact) mass is 251 g/mol. The fourth-order valence-corrected chi connectivity index (χ4v) is 1.64. The van der Waals surface area contributed by atoms with Crippen molar-refractivity contribution in [2.75, 3.05) is 12.4 Å². The Morgan fingerprint density at radius 3 is 2.67 bits per heavy atom. The van der Waals surface area contributed by atoms with Gasteiger partial charge in [0.2, 0.25) is 5.91 Å². The van der Waals surface area contributed by atoms with Crippen LogP contribution in [0.25, 0.3) is 0 Å². The predicted octanol–water partition coefficient (Wildman–Crippen LogP) is 2.49. The summed E-state index contributed by atoms with van der Waals surface area (Å²) in [6.45, 7) is 3.61. The van der Waals surface area contributed by atoms with E-state index in [9.17, 15) is 9.90 Å². The first-order valence-electron chi connectivity index (χ1n) is 6.14. The van der Waals surface area contributed by atoms with Crippen LogP contribution in [0.2, 0.25) is 0 Å². The number of aliphatic hydroxyl groups excluding tert-OH is 1. The van der Waals surface area contributed by atoms with Gasteiger partial charge in [0.1, 0.15) is 0 Å². The Balaban J connectivity index is 2.59. The number of amides is 1. The number of rotatable bonds is 6. The fourth-order valence-electron chi connectivity index (χ4n) is 1.64. The molecule has 0 saturated carbocycles. The molecule has 4 heteroatoms. The molecule has 0 aliphatic heterocycles. The van der Waals surface area contributed by atoms with Crippen LogP contribution in [0.3, 0.4) is 0 Å². The summed E-state index contributed by atoms with van der Waals surface area (Å²) >= 11 is 0. The molecule has 0 heterocycles. The molecule has 0 radical (unpaired) electrons. The van der Waals surface area contributed by atoms with Gasteiger partial charge in [0, 0.05) is 24.8 Å². The van der Waals surface area contributed by atoms with Crippen molar-refractivity contribution in [3.63, 3.8) is 0 Å². The van der Waals surface area contributed by atoms with E-state index >= 15 is 0 Å². The molecule has 0 spiro atoms. The minimum absolute atomic E-state index is 0.0630. The lowest BCUT2D eigenvalue weighted by Crippen LogP contribution is -2.16. The van der Waals surface area contributed by atoms with Crippen molar-refractivity contribution in [1.29, 1.82) is 0 Å². The topological polar surface area (TPSA) is 58.6 Å². The maximum Gasteiger partial charge on any atom is 0.224 e. The largest absolute Gasteiger partial charge is 0.389 e. The minimum Gasteiger partial charge on any atom is -0.389 e. The number of aliphatic hydroxyl groups is 1. The van der Waals surface area contributed by atoms with Crippen molar-refractivity contribution < 1.29 is 14.6 Å². The second kappa shape index (κ2) is 7.13. The first-order chi connectivity index (χ1) is 8.54. The highest BCUT2D eigenvalue weighted by Crippen LogP contribution is 2.22. The van der Waals surface area contributed by atoms with Crippen LogP contribution >= 0.6 is 0 Å². The van der Waals surface area contributed by atoms with Crippen LogP contribution in [0, 0.1) is 0 Å². The van der Waals surface area contributed by atoms with Crippen molar-refractivity contribution in [1.82, 2.24) is 0 Å². The van der Waals surface area contributed by atoms with Gasteiger partial charge in [0.15, 0.2) is 0 Å². The van der Waals surface area contributed by atoms with Gasteiger partial charge in [-0.15, -0.1) is 0 Å². The predicted molar refractivity (Wildman–Crippen MR) is 71.4 cm³/mol. The van der Waals surface area contributed by atoms with Crippen LogP contribution < -0.4 is 5.32 Å². The Morgan fingerprint density at radius 1 is 1.39 bits per heavy atom. The molecule has 2 atom stereocenters. The quantitative estimate of drug-likeness (QED) is 0.816. The van der Waals surface area contributed by atoms with Gasteiger partial charge in [-0.2, -0.15) is 0 Å². The Labute approximate surface area is 108 Å². The molecular weight excluding hydrogens is 230 g/mol. The molecule has 0 saturated heterocycles. The molecule has 0 aliphatic carbocycles. The molecule has 1 aromatic carbocycles. The lowest BCUT2D eigenvalue weighted by molar-refractivity contribution is -0.116. The average molecular weight is 251 g/mol. The molecular formula is C14H21NO3. The van der Waals surface area contributed by atoms with E-state index in [4.69, 9.17) is 4.74 Å². The first-order valence-corrected chi connectivity index (χ1v) is 6.14. The molecule has 2 unspecified atom stereocenters. The Bertz CT molecular complexity index is 390. The number of carbonyl (C=O) groups is 1. The molecule has 1 amide bonds. The second-order valence-corrected chi connectivity index (χ2v) is 4.40. The van der Waals surface area contributed by atoms with Gasteiger partial charge in [-0.3, -0.25) is 4.79 Å². The summed E-state index contributed by atoms with van der Waals surface area (Å²) in [5.74, 6) is -0.0630. The maximum absolute atomic E-state index is 11.8. The molecule has 0 aliphatic rings. The smallest absolute Gasteiger partial charge is 0.224 e. The number of nitrogens with one attached hydrogen (secondary N) is 1. The third kappa shape index (κ3) is 4.47. The van der Waals surface area contributed by atoms with Gasteiger partial charge >= 0.3 is 0 Å². The zero-order chi connectivity index (χ0) is 13.5. The van der Waals surface area contributed by atoms with E-state index in [0.29, 0.717) is 18.5 Å². The SMILES string of the molecule is COC(C)CCC(=O)Nc1ccccc1C(C)O. The summed E-state index contributed by atoms with van der Waals surface area (Å²) in [5.41, 5.74) is 1.40. The maximum atomic E-state index is 11.8. The number of ether oxygens (including phenoxy) is 1. The van der Waals surface area contributed by atoms with Crippen LogP contribution in [0.5, 0.6) is 0 Å². The van der Waals surface area contributed by atoms with Crippen molar-refractivity contribution in [2.45, 2.75) is 38.9 Å². The van der Waals surface area contributed by atoms with Crippen molar-refractivity contribution in [3.05, 3.63) is 29.8 Å². The lowest BCUT2D eigenvalue weighted by Gasteiger charge is -2.14. The Kier molecular flexibility index (Phi) is 5.82. The normalized spacial score (nSPS) is 14.0. The lowest BCUT2D eigenvalue weighted by atomic mass is 10.1. The molecule has 4 nitrogen and oxygen atoms in total. The second-order valence-electron chi connectivity index (χ2n) is 4.40. The van der Waals surface area contributed by atoms with E-state index in [-0.39, 0.29) is 12.0 Å². The van der Waals surface area contributed by atoms with E-state index in [1.54, 1.807) is 26.2 Å². The van der Waals surface area contributed by atoms with Gasteiger partial charge in [0.05, 0.1) is 12.2 Å². The van der Waals surface area contributed by atoms with Gasteiger partial charge in [-0.1, -0.05) is 18.2 Å². The van der Waals surface area contributed by atoms with E-state index in [1.165, 1.54) is 0 Å². The number of methoxy groups -OCH3 is 1. The van der Waals surface area contributed by atoms with E-state index < -0.39 is 6.10 Å².